The van der Waals surface area contributed by atoms with Crippen molar-refractivity contribution < 1.29 is 9.53 Å². The summed E-state index contributed by atoms with van der Waals surface area (Å²) in [5.41, 5.74) is 0.785. The number of aromatic nitrogens is 2. The summed E-state index contributed by atoms with van der Waals surface area (Å²) in [7, 11) is 1.63. The second-order valence-electron chi connectivity index (χ2n) is 6.75. The van der Waals surface area contributed by atoms with Crippen molar-refractivity contribution in [2.24, 2.45) is 0 Å². The van der Waals surface area contributed by atoms with E-state index in [4.69, 9.17) is 4.74 Å². The van der Waals surface area contributed by atoms with E-state index in [9.17, 15) is 4.79 Å². The summed E-state index contributed by atoms with van der Waals surface area (Å²) in [5.74, 6) is 2.39. The van der Waals surface area contributed by atoms with Gasteiger partial charge in [0.05, 0.1) is 7.11 Å². The third-order valence-corrected chi connectivity index (χ3v) is 4.99. The Hall–Kier alpha value is -2.50. The Balaban J connectivity index is 1.53. The molecule has 0 saturated carbocycles. The van der Waals surface area contributed by atoms with Crippen LogP contribution >= 0.6 is 0 Å². The number of amides is 2. The summed E-state index contributed by atoms with van der Waals surface area (Å²) >= 11 is 0. The van der Waals surface area contributed by atoms with E-state index < -0.39 is 0 Å². The molecule has 3 rings (SSSR count). The van der Waals surface area contributed by atoms with E-state index in [-0.39, 0.29) is 6.03 Å². The largest absolute Gasteiger partial charge is 0.497 e. The van der Waals surface area contributed by atoms with Gasteiger partial charge in [0.1, 0.15) is 11.6 Å². The van der Waals surface area contributed by atoms with Crippen molar-refractivity contribution in [2.75, 3.05) is 25.5 Å². The maximum atomic E-state index is 12.5. The molecule has 1 aromatic heterocycles. The molecule has 26 heavy (non-hydrogen) atoms. The zero-order valence-electron chi connectivity index (χ0n) is 15.6. The number of benzene rings is 1. The maximum Gasteiger partial charge on any atom is 0.321 e. The van der Waals surface area contributed by atoms with Crippen LogP contribution in [-0.2, 0) is 6.54 Å². The maximum absolute atomic E-state index is 12.5. The Morgan fingerprint density at radius 3 is 2.65 bits per heavy atom. The molecule has 0 aliphatic carbocycles. The van der Waals surface area contributed by atoms with Gasteiger partial charge < -0.3 is 19.5 Å². The number of anilines is 1. The Morgan fingerprint density at radius 1 is 1.27 bits per heavy atom. The molecule has 0 bridgehead atoms. The topological polar surface area (TPSA) is 59.4 Å². The standard InChI is InChI=1S/C20H28N4O2/c1-3-4-12-23-15-11-21-19(23)16-9-13-24(14-10-16)20(25)22-17-5-7-18(26-2)8-6-17/h5-8,11,15-16H,3-4,9-10,12-14H2,1-2H3,(H,22,25). The Morgan fingerprint density at radius 2 is 2.00 bits per heavy atom. The highest BCUT2D eigenvalue weighted by molar-refractivity contribution is 5.89. The monoisotopic (exact) mass is 356 g/mol. The number of piperidine rings is 1. The minimum Gasteiger partial charge on any atom is -0.497 e. The van der Waals surface area contributed by atoms with E-state index in [0.29, 0.717) is 5.92 Å². The van der Waals surface area contributed by atoms with Crippen LogP contribution in [0.5, 0.6) is 5.75 Å². The number of rotatable bonds is 6. The lowest BCUT2D eigenvalue weighted by molar-refractivity contribution is 0.193. The molecule has 6 nitrogen and oxygen atoms in total. The molecule has 2 aromatic rings. The highest BCUT2D eigenvalue weighted by Gasteiger charge is 2.26. The number of imidazole rings is 1. The van der Waals surface area contributed by atoms with Crippen molar-refractivity contribution in [3.8, 4) is 5.75 Å². The van der Waals surface area contributed by atoms with E-state index in [0.717, 1.165) is 43.9 Å². The minimum absolute atomic E-state index is 0.0389. The van der Waals surface area contributed by atoms with Crippen LogP contribution in [0.3, 0.4) is 0 Å². The van der Waals surface area contributed by atoms with Gasteiger partial charge in [-0.2, -0.15) is 0 Å². The summed E-state index contributed by atoms with van der Waals surface area (Å²) in [6, 6.07) is 7.36. The van der Waals surface area contributed by atoms with E-state index >= 15 is 0 Å². The Bertz CT molecular complexity index is 703. The average molecular weight is 356 g/mol. The number of carbonyl (C=O) groups is 1. The Labute approximate surface area is 155 Å². The van der Waals surface area contributed by atoms with Crippen LogP contribution in [0.25, 0.3) is 0 Å². The van der Waals surface area contributed by atoms with E-state index in [1.165, 1.54) is 18.7 Å². The number of unbranched alkanes of at least 4 members (excludes halogenated alkanes) is 1. The van der Waals surface area contributed by atoms with Gasteiger partial charge in [-0.25, -0.2) is 9.78 Å². The number of methoxy groups -OCH3 is 1. The lowest BCUT2D eigenvalue weighted by atomic mass is 9.96. The fraction of sp³-hybridized carbons (Fsp3) is 0.500. The van der Waals surface area contributed by atoms with Crippen molar-refractivity contribution in [1.82, 2.24) is 14.5 Å². The molecule has 1 aromatic carbocycles. The summed E-state index contributed by atoms with van der Waals surface area (Å²) < 4.78 is 7.42. The molecular weight excluding hydrogens is 328 g/mol. The zero-order valence-corrected chi connectivity index (χ0v) is 15.6. The van der Waals surface area contributed by atoms with Crippen LogP contribution in [0.1, 0.15) is 44.3 Å². The second-order valence-corrected chi connectivity index (χ2v) is 6.75. The van der Waals surface area contributed by atoms with Gasteiger partial charge in [0.15, 0.2) is 0 Å². The normalized spacial score (nSPS) is 15.1. The molecule has 0 atom stereocenters. The van der Waals surface area contributed by atoms with Crippen molar-refractivity contribution in [2.45, 2.75) is 45.1 Å². The van der Waals surface area contributed by atoms with Crippen LogP contribution in [0.2, 0.25) is 0 Å². The first-order valence-corrected chi connectivity index (χ1v) is 9.42. The van der Waals surface area contributed by atoms with Crippen LogP contribution in [0.4, 0.5) is 10.5 Å². The van der Waals surface area contributed by atoms with Gasteiger partial charge in [-0.05, 0) is 43.5 Å². The first-order valence-electron chi connectivity index (χ1n) is 9.42. The SMILES string of the molecule is CCCCn1ccnc1C1CCN(C(=O)Nc2ccc(OC)cc2)CC1. The molecule has 1 saturated heterocycles. The first-order chi connectivity index (χ1) is 12.7. The number of hydrogen-bond acceptors (Lipinski definition) is 3. The second kappa shape index (κ2) is 8.74. The highest BCUT2D eigenvalue weighted by atomic mass is 16.5. The van der Waals surface area contributed by atoms with Crippen molar-refractivity contribution >= 4 is 11.7 Å². The van der Waals surface area contributed by atoms with Crippen LogP contribution in [0.15, 0.2) is 36.7 Å². The summed E-state index contributed by atoms with van der Waals surface area (Å²) in [6.45, 7) is 4.75. The molecule has 2 heterocycles. The first kappa shape index (κ1) is 18.3. The summed E-state index contributed by atoms with van der Waals surface area (Å²) in [5, 5.41) is 2.96. The minimum atomic E-state index is -0.0389. The zero-order chi connectivity index (χ0) is 18.4. The van der Waals surface area contributed by atoms with Gasteiger partial charge >= 0.3 is 6.03 Å². The number of ether oxygens (including phenoxy) is 1. The smallest absolute Gasteiger partial charge is 0.321 e. The quantitative estimate of drug-likeness (QED) is 0.847. The molecule has 1 aliphatic rings. The molecule has 6 heteroatoms. The number of carbonyl (C=O) groups excluding carboxylic acids is 1. The van der Waals surface area contributed by atoms with Gasteiger partial charge in [-0.3, -0.25) is 0 Å². The summed E-state index contributed by atoms with van der Waals surface area (Å²) in [6.07, 6.45) is 8.24. The third kappa shape index (κ3) is 4.36. The highest BCUT2D eigenvalue weighted by Crippen LogP contribution is 2.27. The fourth-order valence-electron chi connectivity index (χ4n) is 3.42. The molecule has 1 fully saturated rings. The molecule has 2 amide bonds. The number of urea groups is 1. The fourth-order valence-corrected chi connectivity index (χ4v) is 3.42. The number of nitrogens with one attached hydrogen (secondary N) is 1. The molecule has 0 radical (unpaired) electrons. The average Bonchev–Trinajstić information content (AvgIpc) is 3.15. The van der Waals surface area contributed by atoms with Crippen LogP contribution < -0.4 is 10.1 Å². The van der Waals surface area contributed by atoms with Gasteiger partial charge in [-0.15, -0.1) is 0 Å². The van der Waals surface area contributed by atoms with E-state index in [1.54, 1.807) is 7.11 Å². The van der Waals surface area contributed by atoms with Crippen LogP contribution in [0, 0.1) is 0 Å². The van der Waals surface area contributed by atoms with Crippen molar-refractivity contribution in [1.29, 1.82) is 0 Å². The number of nitrogens with zero attached hydrogens (tertiary/aromatic N) is 3. The molecule has 1 N–H and O–H groups in total. The molecule has 0 spiro atoms. The molecule has 0 unspecified atom stereocenters. The van der Waals surface area contributed by atoms with Gasteiger partial charge in [0.2, 0.25) is 0 Å². The number of likely N-dealkylation sites (tertiary alicyclic amines) is 1. The predicted molar refractivity (Wildman–Crippen MR) is 103 cm³/mol. The van der Waals surface area contributed by atoms with Gasteiger partial charge in [0, 0.05) is 43.6 Å². The predicted octanol–water partition coefficient (Wildman–Crippen LogP) is 4.10. The van der Waals surface area contributed by atoms with Crippen LogP contribution in [-0.4, -0.2) is 40.7 Å². The van der Waals surface area contributed by atoms with E-state index in [2.05, 4.69) is 28.0 Å². The molecule has 140 valence electrons. The van der Waals surface area contributed by atoms with E-state index in [1.807, 2.05) is 35.4 Å². The van der Waals surface area contributed by atoms with Crippen molar-refractivity contribution in [3.63, 3.8) is 0 Å². The number of aryl methyl sites for hydroxylation is 1. The van der Waals surface area contributed by atoms with Gasteiger partial charge in [0.25, 0.3) is 0 Å². The third-order valence-electron chi connectivity index (χ3n) is 4.99. The molecule has 1 aliphatic heterocycles. The Kier molecular flexibility index (Phi) is 6.15. The molecular formula is C20H28N4O2. The van der Waals surface area contributed by atoms with Crippen molar-refractivity contribution in [3.05, 3.63) is 42.5 Å². The van der Waals surface area contributed by atoms with Gasteiger partial charge in [-0.1, -0.05) is 13.3 Å². The summed E-state index contributed by atoms with van der Waals surface area (Å²) in [4.78, 5) is 19.0. The number of hydrogen-bond donors (Lipinski definition) is 1. The lowest BCUT2D eigenvalue weighted by Crippen LogP contribution is -2.40. The lowest BCUT2D eigenvalue weighted by Gasteiger charge is -2.32.